The normalized spacial score (nSPS) is 41.0. The Bertz CT molecular complexity index is 795. The van der Waals surface area contributed by atoms with Crippen molar-refractivity contribution in [2.24, 2.45) is 40.4 Å². The first kappa shape index (κ1) is 23.6. The lowest BCUT2D eigenvalue weighted by Crippen LogP contribution is -2.59. The highest BCUT2D eigenvalue weighted by atomic mass is 19.4. The molecule has 4 nitrogen and oxygen atoms in total. The summed E-state index contributed by atoms with van der Waals surface area (Å²) in [4.78, 5) is 26.4. The fourth-order valence-electron chi connectivity index (χ4n) is 7.85. The van der Waals surface area contributed by atoms with Crippen molar-refractivity contribution in [3.05, 3.63) is 12.2 Å². The van der Waals surface area contributed by atoms with Gasteiger partial charge in [0.05, 0.1) is 0 Å². The second-order valence-electron chi connectivity index (χ2n) is 11.6. The van der Waals surface area contributed by atoms with Crippen LogP contribution in [0.5, 0.6) is 0 Å². The van der Waals surface area contributed by atoms with E-state index in [0.717, 1.165) is 37.0 Å². The molecule has 0 spiro atoms. The third-order valence-electron chi connectivity index (χ3n) is 9.25. The van der Waals surface area contributed by atoms with Gasteiger partial charge in [0.15, 0.2) is 0 Å². The Balaban J connectivity index is 1.56. The molecule has 3 aliphatic carbocycles. The van der Waals surface area contributed by atoms with Crippen LogP contribution in [0.1, 0.15) is 66.2 Å². The van der Waals surface area contributed by atoms with Crippen molar-refractivity contribution in [3.8, 4) is 0 Å². The molecule has 2 unspecified atom stereocenters. The molecule has 3 fully saturated rings. The van der Waals surface area contributed by atoms with Gasteiger partial charge in [-0.15, -0.1) is 0 Å². The lowest BCUT2D eigenvalue weighted by molar-refractivity contribution is -0.168. The van der Waals surface area contributed by atoms with E-state index in [1.807, 2.05) is 13.8 Å². The van der Waals surface area contributed by atoms with Crippen LogP contribution in [0.15, 0.2) is 12.2 Å². The number of carbonyl (C=O) groups is 2. The summed E-state index contributed by atoms with van der Waals surface area (Å²) in [6, 6.07) is 0.151. The van der Waals surface area contributed by atoms with E-state index in [9.17, 15) is 22.8 Å². The van der Waals surface area contributed by atoms with E-state index in [0.29, 0.717) is 24.2 Å². The molecule has 0 aromatic rings. The maximum Gasteiger partial charge on any atom is 0.406 e. The Morgan fingerprint density at radius 2 is 1.88 bits per heavy atom. The van der Waals surface area contributed by atoms with E-state index < -0.39 is 12.7 Å². The van der Waals surface area contributed by atoms with Gasteiger partial charge in [-0.05, 0) is 73.7 Å². The number of hydrogen-bond donors (Lipinski definition) is 1. The van der Waals surface area contributed by atoms with Crippen LogP contribution in [0.4, 0.5) is 13.2 Å². The quantitative estimate of drug-likeness (QED) is 0.654. The summed E-state index contributed by atoms with van der Waals surface area (Å²) in [6.07, 6.45) is 4.72. The predicted molar refractivity (Wildman–Crippen MR) is 116 cm³/mol. The molecule has 0 aromatic carbocycles. The van der Waals surface area contributed by atoms with Gasteiger partial charge in [-0.1, -0.05) is 33.8 Å². The SMILES string of the molecule is CC(C)CN(CC(F)(F)F)C(=O)C1CC[C@H]2[C@@H]3CCC4NC(=O)C=C[C@]4(C)[C@@H]3CC[C@]12C. The highest BCUT2D eigenvalue weighted by molar-refractivity contribution is 5.89. The van der Waals surface area contributed by atoms with Gasteiger partial charge in [-0.3, -0.25) is 9.59 Å². The van der Waals surface area contributed by atoms with Gasteiger partial charge >= 0.3 is 6.18 Å². The van der Waals surface area contributed by atoms with Crippen molar-refractivity contribution in [2.45, 2.75) is 78.4 Å². The lowest BCUT2D eigenvalue weighted by Gasteiger charge is -2.58. The summed E-state index contributed by atoms with van der Waals surface area (Å²) >= 11 is 0. The molecule has 0 aromatic heterocycles. The van der Waals surface area contributed by atoms with E-state index in [1.54, 1.807) is 6.08 Å². The van der Waals surface area contributed by atoms with Crippen LogP contribution in [0.25, 0.3) is 0 Å². The van der Waals surface area contributed by atoms with Crippen LogP contribution in [-0.4, -0.2) is 42.0 Å². The number of nitrogens with zero attached hydrogens (tertiary/aromatic N) is 1. The fourth-order valence-corrected chi connectivity index (χ4v) is 7.85. The molecule has 0 saturated heterocycles. The van der Waals surface area contributed by atoms with Crippen molar-refractivity contribution < 1.29 is 22.8 Å². The number of amides is 2. The Labute approximate surface area is 189 Å². The number of carbonyl (C=O) groups excluding carboxylic acids is 2. The fraction of sp³-hybridized carbons (Fsp3) is 0.840. The van der Waals surface area contributed by atoms with Crippen LogP contribution >= 0.6 is 0 Å². The van der Waals surface area contributed by atoms with E-state index in [4.69, 9.17) is 0 Å². The van der Waals surface area contributed by atoms with E-state index in [2.05, 4.69) is 25.2 Å². The Morgan fingerprint density at radius 1 is 1.16 bits per heavy atom. The smallest absolute Gasteiger partial charge is 0.349 e. The zero-order chi connectivity index (χ0) is 23.5. The van der Waals surface area contributed by atoms with Crippen molar-refractivity contribution >= 4 is 11.8 Å². The van der Waals surface area contributed by atoms with Crippen LogP contribution in [0.2, 0.25) is 0 Å². The van der Waals surface area contributed by atoms with Crippen molar-refractivity contribution in [3.63, 3.8) is 0 Å². The number of nitrogens with one attached hydrogen (secondary N) is 1. The minimum atomic E-state index is -4.38. The maximum absolute atomic E-state index is 13.5. The molecule has 0 radical (unpaired) electrons. The summed E-state index contributed by atoms with van der Waals surface area (Å²) in [5, 5.41) is 3.15. The van der Waals surface area contributed by atoms with E-state index in [-0.39, 0.29) is 47.1 Å². The summed E-state index contributed by atoms with van der Waals surface area (Å²) in [5.74, 6) is 0.579. The monoisotopic (exact) mass is 454 g/mol. The van der Waals surface area contributed by atoms with Gasteiger partial charge in [-0.2, -0.15) is 13.2 Å². The molecule has 7 atom stereocenters. The second kappa shape index (κ2) is 8.05. The number of halogens is 3. The molecule has 3 saturated carbocycles. The summed E-state index contributed by atoms with van der Waals surface area (Å²) in [7, 11) is 0. The van der Waals surface area contributed by atoms with Gasteiger partial charge < -0.3 is 10.2 Å². The van der Waals surface area contributed by atoms with E-state index in [1.165, 1.54) is 0 Å². The maximum atomic E-state index is 13.5. The Morgan fingerprint density at radius 3 is 2.53 bits per heavy atom. The Hall–Kier alpha value is -1.53. The van der Waals surface area contributed by atoms with Gasteiger partial charge in [0.2, 0.25) is 11.8 Å². The molecule has 32 heavy (non-hydrogen) atoms. The third-order valence-corrected chi connectivity index (χ3v) is 9.25. The molecule has 1 aliphatic heterocycles. The molecule has 1 heterocycles. The molecule has 1 N–H and O–H groups in total. The zero-order valence-corrected chi connectivity index (χ0v) is 19.7. The predicted octanol–water partition coefficient (Wildman–Crippen LogP) is 4.95. The first-order chi connectivity index (χ1) is 14.8. The summed E-state index contributed by atoms with van der Waals surface area (Å²) in [5.41, 5.74) is -0.329. The molecular weight excluding hydrogens is 417 g/mol. The standard InChI is InChI=1S/C25H37F3N2O2/c1-15(2)13-30(14-25(26,27)28)22(32)19-7-6-17-16-5-8-20-24(4,12-10-21(31)29-20)18(16)9-11-23(17,19)3/h10,12,15-20H,5-9,11,13-14H2,1-4H3,(H,29,31)/t16-,17-,18+,19?,20?,23-,24+/m0/s1. The number of alkyl halides is 3. The second-order valence-corrected chi connectivity index (χ2v) is 11.6. The van der Waals surface area contributed by atoms with Gasteiger partial charge in [0.25, 0.3) is 0 Å². The summed E-state index contributed by atoms with van der Waals surface area (Å²) in [6.45, 7) is 7.12. The van der Waals surface area contributed by atoms with Crippen LogP contribution < -0.4 is 5.32 Å². The minimum absolute atomic E-state index is 0.00873. The van der Waals surface area contributed by atoms with Gasteiger partial charge in [0, 0.05) is 23.9 Å². The van der Waals surface area contributed by atoms with Crippen LogP contribution in [-0.2, 0) is 9.59 Å². The van der Waals surface area contributed by atoms with Crippen molar-refractivity contribution in [2.75, 3.05) is 13.1 Å². The first-order valence-corrected chi connectivity index (χ1v) is 12.2. The minimum Gasteiger partial charge on any atom is -0.349 e. The number of hydrogen-bond acceptors (Lipinski definition) is 2. The molecule has 4 aliphatic rings. The number of fused-ring (bicyclic) bond motifs is 5. The molecule has 7 heteroatoms. The molecule has 4 rings (SSSR count). The highest BCUT2D eigenvalue weighted by Gasteiger charge is 2.61. The molecule has 2 amide bonds. The van der Waals surface area contributed by atoms with E-state index >= 15 is 0 Å². The third kappa shape index (κ3) is 3.98. The van der Waals surface area contributed by atoms with Gasteiger partial charge in [-0.25, -0.2) is 0 Å². The highest BCUT2D eigenvalue weighted by Crippen LogP contribution is 2.65. The average molecular weight is 455 g/mol. The summed E-state index contributed by atoms with van der Waals surface area (Å²) < 4.78 is 39.8. The Kier molecular flexibility index (Phi) is 5.94. The molecule has 180 valence electrons. The van der Waals surface area contributed by atoms with Crippen LogP contribution in [0.3, 0.4) is 0 Å². The topological polar surface area (TPSA) is 49.4 Å². The molecule has 0 bridgehead atoms. The zero-order valence-electron chi connectivity index (χ0n) is 19.7. The number of rotatable bonds is 4. The first-order valence-electron chi connectivity index (χ1n) is 12.2. The van der Waals surface area contributed by atoms with Crippen molar-refractivity contribution in [1.82, 2.24) is 10.2 Å². The lowest BCUT2D eigenvalue weighted by atomic mass is 9.48. The average Bonchev–Trinajstić information content (AvgIpc) is 3.03. The van der Waals surface area contributed by atoms with Crippen molar-refractivity contribution in [1.29, 1.82) is 0 Å². The van der Waals surface area contributed by atoms with Gasteiger partial charge in [0.1, 0.15) is 6.54 Å². The largest absolute Gasteiger partial charge is 0.406 e. The molecular formula is C25H37F3N2O2. The van der Waals surface area contributed by atoms with Crippen LogP contribution in [0, 0.1) is 40.4 Å².